The second-order valence-corrected chi connectivity index (χ2v) is 11.7. The quantitative estimate of drug-likeness (QED) is 0.252. The number of carbonyl (C=O) groups is 2. The van der Waals surface area contributed by atoms with Crippen molar-refractivity contribution in [1.29, 1.82) is 0 Å². The summed E-state index contributed by atoms with van der Waals surface area (Å²) >= 11 is 6.92. The fraction of sp³-hybridized carbons (Fsp3) is 0.308. The Morgan fingerprint density at radius 3 is 2.16 bits per heavy atom. The molecule has 2 aromatic carbocycles. The molecule has 0 bridgehead atoms. The summed E-state index contributed by atoms with van der Waals surface area (Å²) in [6.45, 7) is 4.52. The molecule has 204 valence electrons. The summed E-state index contributed by atoms with van der Waals surface area (Å²) in [4.78, 5) is 25.5. The van der Waals surface area contributed by atoms with Gasteiger partial charge in [0.05, 0.1) is 34.7 Å². The topological polar surface area (TPSA) is 94.9 Å². The van der Waals surface area contributed by atoms with Crippen molar-refractivity contribution in [3.05, 3.63) is 85.8 Å². The van der Waals surface area contributed by atoms with Gasteiger partial charge in [0.1, 0.15) is 17.0 Å². The Kier molecular flexibility index (Phi) is 10.3. The van der Waals surface area contributed by atoms with Crippen molar-refractivity contribution in [1.82, 2.24) is 8.87 Å². The first-order valence-electron chi connectivity index (χ1n) is 11.7. The van der Waals surface area contributed by atoms with E-state index in [1.54, 1.807) is 42.7 Å². The molecule has 0 saturated heterocycles. The molecule has 0 unspecified atom stereocenters. The lowest BCUT2D eigenvalue weighted by atomic mass is 10.2. The van der Waals surface area contributed by atoms with E-state index in [4.69, 9.17) is 9.47 Å². The highest BCUT2D eigenvalue weighted by molar-refractivity contribution is 9.13. The standard InChI is InChI=1S/C26H27Br2FN2O6S/c1-4-36-22(32)16-30(38(34,35)20-12-6-17(3)7-13-20)15-21-23(26(33)37-5-2)24(27)25(28)31(21)14-18-8-10-19(29)11-9-18/h6-13H,4-5,14-16H2,1-3H3. The number of halogens is 3. The van der Waals surface area contributed by atoms with Crippen LogP contribution in [0.5, 0.6) is 0 Å². The van der Waals surface area contributed by atoms with Crippen molar-refractivity contribution in [3.63, 3.8) is 0 Å². The van der Waals surface area contributed by atoms with Crippen LogP contribution in [0.1, 0.15) is 41.0 Å². The third-order valence-electron chi connectivity index (χ3n) is 5.58. The molecule has 3 aromatic rings. The first kappa shape index (κ1) is 30.0. The smallest absolute Gasteiger partial charge is 0.341 e. The van der Waals surface area contributed by atoms with Crippen LogP contribution < -0.4 is 0 Å². The second-order valence-electron chi connectivity index (χ2n) is 8.25. The average molecular weight is 674 g/mol. The zero-order valence-electron chi connectivity index (χ0n) is 21.0. The number of carbonyl (C=O) groups excluding carboxylic acids is 2. The van der Waals surface area contributed by atoms with E-state index >= 15 is 0 Å². The Morgan fingerprint density at radius 1 is 0.974 bits per heavy atom. The molecule has 0 aliphatic carbocycles. The number of benzene rings is 2. The van der Waals surface area contributed by atoms with E-state index in [9.17, 15) is 22.4 Å². The highest BCUT2D eigenvalue weighted by Gasteiger charge is 2.33. The molecule has 1 heterocycles. The molecule has 0 spiro atoms. The van der Waals surface area contributed by atoms with Crippen molar-refractivity contribution in [3.8, 4) is 0 Å². The number of esters is 2. The maximum absolute atomic E-state index is 13.7. The zero-order valence-corrected chi connectivity index (χ0v) is 25.0. The predicted octanol–water partition coefficient (Wildman–Crippen LogP) is 5.44. The average Bonchev–Trinajstić information content (AvgIpc) is 3.09. The molecule has 12 heteroatoms. The Hall–Kier alpha value is -2.54. The minimum Gasteiger partial charge on any atom is -0.465 e. The minimum atomic E-state index is -4.20. The fourth-order valence-electron chi connectivity index (χ4n) is 3.72. The number of hydrogen-bond acceptors (Lipinski definition) is 6. The zero-order chi connectivity index (χ0) is 28.0. The number of rotatable bonds is 11. The molecule has 3 rings (SSSR count). The molecule has 38 heavy (non-hydrogen) atoms. The lowest BCUT2D eigenvalue weighted by molar-refractivity contribution is -0.143. The van der Waals surface area contributed by atoms with Crippen LogP contribution in [-0.2, 0) is 37.4 Å². The van der Waals surface area contributed by atoms with Crippen LogP contribution in [0.2, 0.25) is 0 Å². The SMILES string of the molecule is CCOC(=O)CN(Cc1c(C(=O)OCC)c(Br)c(Br)n1Cc1ccc(F)cc1)S(=O)(=O)c1ccc(C)cc1. The predicted molar refractivity (Wildman–Crippen MR) is 147 cm³/mol. The van der Waals surface area contributed by atoms with Gasteiger partial charge in [-0.2, -0.15) is 4.31 Å². The van der Waals surface area contributed by atoms with Crippen molar-refractivity contribution in [2.45, 2.75) is 38.8 Å². The number of sulfonamides is 1. The maximum Gasteiger partial charge on any atom is 0.341 e. The van der Waals surface area contributed by atoms with Gasteiger partial charge in [0.25, 0.3) is 0 Å². The van der Waals surface area contributed by atoms with Gasteiger partial charge in [-0.05, 0) is 82.5 Å². The second kappa shape index (κ2) is 13.0. The first-order valence-corrected chi connectivity index (χ1v) is 14.7. The monoisotopic (exact) mass is 672 g/mol. The number of nitrogens with zero attached hydrogens (tertiary/aromatic N) is 2. The van der Waals surface area contributed by atoms with E-state index in [0.717, 1.165) is 9.87 Å². The highest BCUT2D eigenvalue weighted by Crippen LogP contribution is 2.36. The van der Waals surface area contributed by atoms with Crippen LogP contribution in [0.15, 0.2) is 62.5 Å². The number of aromatic nitrogens is 1. The molecular weight excluding hydrogens is 647 g/mol. The summed E-state index contributed by atoms with van der Waals surface area (Å²) in [6.07, 6.45) is 0. The van der Waals surface area contributed by atoms with E-state index in [-0.39, 0.29) is 42.5 Å². The van der Waals surface area contributed by atoms with Crippen LogP contribution in [0.3, 0.4) is 0 Å². The van der Waals surface area contributed by atoms with Gasteiger partial charge in [0.2, 0.25) is 10.0 Å². The maximum atomic E-state index is 13.7. The Balaban J connectivity index is 2.17. The Morgan fingerprint density at radius 2 is 1.58 bits per heavy atom. The summed E-state index contributed by atoms with van der Waals surface area (Å²) in [5, 5.41) is 0. The lowest BCUT2D eigenvalue weighted by Crippen LogP contribution is -2.37. The molecule has 1 aromatic heterocycles. The van der Waals surface area contributed by atoms with E-state index in [0.29, 0.717) is 14.6 Å². The fourth-order valence-corrected chi connectivity index (χ4v) is 6.21. The van der Waals surface area contributed by atoms with Crippen LogP contribution in [0.25, 0.3) is 0 Å². The van der Waals surface area contributed by atoms with Crippen LogP contribution in [0.4, 0.5) is 4.39 Å². The van der Waals surface area contributed by atoms with Crippen molar-refractivity contribution >= 4 is 53.8 Å². The van der Waals surface area contributed by atoms with Crippen LogP contribution >= 0.6 is 31.9 Å². The molecule has 0 amide bonds. The van der Waals surface area contributed by atoms with Gasteiger partial charge < -0.3 is 14.0 Å². The molecule has 0 aliphatic heterocycles. The summed E-state index contributed by atoms with van der Waals surface area (Å²) < 4.78 is 54.7. The largest absolute Gasteiger partial charge is 0.465 e. The molecule has 0 aliphatic rings. The number of hydrogen-bond donors (Lipinski definition) is 0. The number of aryl methyl sites for hydroxylation is 1. The summed E-state index contributed by atoms with van der Waals surface area (Å²) in [5.41, 5.74) is 1.94. The Bertz CT molecular complexity index is 1410. The molecule has 0 fully saturated rings. The van der Waals surface area contributed by atoms with Crippen molar-refractivity contribution in [2.75, 3.05) is 19.8 Å². The molecular formula is C26H27Br2FN2O6S. The minimum absolute atomic E-state index is 0.0140. The van der Waals surface area contributed by atoms with Crippen LogP contribution in [-0.4, -0.2) is 49.0 Å². The molecule has 8 nitrogen and oxygen atoms in total. The van der Waals surface area contributed by atoms with Gasteiger partial charge in [-0.1, -0.05) is 29.8 Å². The van der Waals surface area contributed by atoms with E-state index < -0.39 is 34.3 Å². The molecule has 0 N–H and O–H groups in total. The van der Waals surface area contributed by atoms with Crippen molar-refractivity contribution < 1.29 is 31.9 Å². The molecule has 0 atom stereocenters. The van der Waals surface area contributed by atoms with Crippen molar-refractivity contribution in [2.24, 2.45) is 0 Å². The van der Waals surface area contributed by atoms with Gasteiger partial charge in [-0.3, -0.25) is 4.79 Å². The van der Waals surface area contributed by atoms with Gasteiger partial charge in [-0.15, -0.1) is 0 Å². The van der Waals surface area contributed by atoms with Gasteiger partial charge in [0.15, 0.2) is 0 Å². The first-order chi connectivity index (χ1) is 18.0. The van der Waals surface area contributed by atoms with E-state index in [1.807, 2.05) is 6.92 Å². The van der Waals surface area contributed by atoms with Crippen LogP contribution in [0, 0.1) is 12.7 Å². The Labute approximate surface area is 238 Å². The third kappa shape index (κ3) is 6.90. The van der Waals surface area contributed by atoms with Gasteiger partial charge in [0, 0.05) is 12.2 Å². The number of ether oxygens (including phenoxy) is 2. The third-order valence-corrected chi connectivity index (χ3v) is 9.52. The summed E-state index contributed by atoms with van der Waals surface area (Å²) in [7, 11) is -4.20. The lowest BCUT2D eigenvalue weighted by Gasteiger charge is -2.23. The summed E-state index contributed by atoms with van der Waals surface area (Å²) in [6, 6.07) is 12.0. The van der Waals surface area contributed by atoms with E-state index in [1.165, 1.54) is 24.3 Å². The summed E-state index contributed by atoms with van der Waals surface area (Å²) in [5.74, 6) is -1.81. The van der Waals surface area contributed by atoms with E-state index in [2.05, 4.69) is 31.9 Å². The molecule has 0 saturated carbocycles. The van der Waals surface area contributed by atoms with Gasteiger partial charge >= 0.3 is 11.9 Å². The van der Waals surface area contributed by atoms with Gasteiger partial charge in [-0.25, -0.2) is 17.6 Å². The highest BCUT2D eigenvalue weighted by atomic mass is 79.9. The molecule has 0 radical (unpaired) electrons. The normalized spacial score (nSPS) is 11.6.